The number of ether oxygens (including phenoxy) is 1. The van der Waals surface area contributed by atoms with Gasteiger partial charge in [0.1, 0.15) is 0 Å². The van der Waals surface area contributed by atoms with Gasteiger partial charge in [0.2, 0.25) is 10.0 Å². The van der Waals surface area contributed by atoms with Crippen molar-refractivity contribution in [3.8, 4) is 0 Å². The van der Waals surface area contributed by atoms with Crippen LogP contribution >= 0.6 is 11.3 Å². The second-order valence-corrected chi connectivity index (χ2v) is 7.28. The molecule has 0 aliphatic heterocycles. The Hall–Kier alpha value is -0.470. The average Bonchev–Trinajstić information content (AvgIpc) is 2.69. The van der Waals surface area contributed by atoms with Crippen molar-refractivity contribution in [1.29, 1.82) is 0 Å². The van der Waals surface area contributed by atoms with Crippen LogP contribution in [0.25, 0.3) is 0 Å². The first-order valence-electron chi connectivity index (χ1n) is 5.59. The van der Waals surface area contributed by atoms with Crippen LogP contribution in [0.3, 0.4) is 0 Å². The Balaban J connectivity index is 2.76. The number of aliphatic hydroxyl groups is 1. The fourth-order valence-electron chi connectivity index (χ4n) is 1.54. The molecule has 0 aromatic carbocycles. The lowest BCUT2D eigenvalue weighted by Gasteiger charge is -2.11. The van der Waals surface area contributed by atoms with Crippen molar-refractivity contribution >= 4 is 21.4 Å². The molecule has 0 saturated heterocycles. The molecule has 7 heteroatoms. The maximum Gasteiger partial charge on any atom is 0.241 e. The second-order valence-electron chi connectivity index (χ2n) is 4.20. The number of hydrogen-bond acceptors (Lipinski definition) is 5. The van der Waals surface area contributed by atoms with Crippen LogP contribution in [0, 0.1) is 12.8 Å². The van der Waals surface area contributed by atoms with Gasteiger partial charge in [-0.2, -0.15) is 0 Å². The van der Waals surface area contributed by atoms with Gasteiger partial charge in [-0.1, -0.05) is 6.92 Å². The van der Waals surface area contributed by atoms with Crippen molar-refractivity contribution in [2.24, 2.45) is 5.92 Å². The standard InChI is InChI=1S/C11H19NO4S2/c1-8(7-16-3)5-12-18(14,15)11-4-10(6-13)17-9(11)2/h4,8,12-13H,5-7H2,1-3H3. The van der Waals surface area contributed by atoms with E-state index in [9.17, 15) is 8.42 Å². The predicted octanol–water partition coefficient (Wildman–Crippen LogP) is 1.11. The van der Waals surface area contributed by atoms with Gasteiger partial charge in [-0.3, -0.25) is 0 Å². The van der Waals surface area contributed by atoms with Gasteiger partial charge in [-0.05, 0) is 18.9 Å². The monoisotopic (exact) mass is 293 g/mol. The van der Waals surface area contributed by atoms with E-state index < -0.39 is 10.0 Å². The van der Waals surface area contributed by atoms with Crippen LogP contribution in [-0.2, 0) is 21.4 Å². The summed E-state index contributed by atoms with van der Waals surface area (Å²) in [6.45, 7) is 4.34. The van der Waals surface area contributed by atoms with E-state index in [0.717, 1.165) is 0 Å². The van der Waals surface area contributed by atoms with Crippen molar-refractivity contribution in [2.45, 2.75) is 25.3 Å². The quantitative estimate of drug-likeness (QED) is 0.789. The van der Waals surface area contributed by atoms with Crippen molar-refractivity contribution < 1.29 is 18.3 Å². The molecule has 1 atom stereocenters. The number of thiophene rings is 1. The van der Waals surface area contributed by atoms with Crippen LogP contribution in [-0.4, -0.2) is 33.8 Å². The first-order valence-corrected chi connectivity index (χ1v) is 7.89. The van der Waals surface area contributed by atoms with Crippen LogP contribution < -0.4 is 4.72 Å². The highest BCUT2D eigenvalue weighted by Gasteiger charge is 2.20. The molecule has 1 unspecified atom stereocenters. The van der Waals surface area contributed by atoms with Crippen molar-refractivity contribution in [3.05, 3.63) is 15.8 Å². The SMILES string of the molecule is COCC(C)CNS(=O)(=O)c1cc(CO)sc1C. The number of nitrogens with one attached hydrogen (secondary N) is 1. The average molecular weight is 293 g/mol. The zero-order valence-corrected chi connectivity index (χ0v) is 12.4. The van der Waals surface area contributed by atoms with Gasteiger partial charge in [-0.25, -0.2) is 13.1 Å². The van der Waals surface area contributed by atoms with E-state index in [1.807, 2.05) is 6.92 Å². The second kappa shape index (κ2) is 6.63. The Kier molecular flexibility index (Phi) is 5.74. The molecular formula is C11H19NO4S2. The highest BCUT2D eigenvalue weighted by molar-refractivity contribution is 7.89. The lowest BCUT2D eigenvalue weighted by molar-refractivity contribution is 0.161. The topological polar surface area (TPSA) is 75.6 Å². The lowest BCUT2D eigenvalue weighted by atomic mass is 10.2. The fraction of sp³-hybridized carbons (Fsp3) is 0.636. The van der Waals surface area contributed by atoms with E-state index in [-0.39, 0.29) is 17.4 Å². The van der Waals surface area contributed by atoms with E-state index in [1.54, 1.807) is 14.0 Å². The van der Waals surface area contributed by atoms with Crippen LogP contribution in [0.4, 0.5) is 0 Å². The highest BCUT2D eigenvalue weighted by Crippen LogP contribution is 2.25. The summed E-state index contributed by atoms with van der Waals surface area (Å²) >= 11 is 1.29. The maximum absolute atomic E-state index is 12.1. The van der Waals surface area contributed by atoms with Gasteiger partial charge < -0.3 is 9.84 Å². The first kappa shape index (κ1) is 15.6. The van der Waals surface area contributed by atoms with Gasteiger partial charge in [0.15, 0.2) is 0 Å². The Morgan fingerprint density at radius 1 is 1.56 bits per heavy atom. The van der Waals surface area contributed by atoms with Crippen LogP contribution in [0.1, 0.15) is 16.7 Å². The van der Waals surface area contributed by atoms with E-state index in [4.69, 9.17) is 9.84 Å². The summed E-state index contributed by atoms with van der Waals surface area (Å²) in [6, 6.07) is 1.52. The summed E-state index contributed by atoms with van der Waals surface area (Å²) in [4.78, 5) is 1.59. The molecule has 1 aromatic heterocycles. The zero-order chi connectivity index (χ0) is 13.8. The summed E-state index contributed by atoms with van der Waals surface area (Å²) < 4.78 is 31.6. The van der Waals surface area contributed by atoms with Crippen molar-refractivity contribution in [3.63, 3.8) is 0 Å². The van der Waals surface area contributed by atoms with Gasteiger partial charge in [0.25, 0.3) is 0 Å². The Bertz CT molecular complexity index is 481. The number of rotatable bonds is 7. The molecule has 0 bridgehead atoms. The molecule has 2 N–H and O–H groups in total. The minimum absolute atomic E-state index is 0.112. The predicted molar refractivity (Wildman–Crippen MR) is 71.2 cm³/mol. The van der Waals surface area contributed by atoms with Crippen molar-refractivity contribution in [2.75, 3.05) is 20.3 Å². The summed E-state index contributed by atoms with van der Waals surface area (Å²) in [5, 5.41) is 9.01. The third-order valence-electron chi connectivity index (χ3n) is 2.44. The highest BCUT2D eigenvalue weighted by atomic mass is 32.2. The molecule has 0 aliphatic rings. The van der Waals surface area contributed by atoms with E-state index in [2.05, 4.69) is 4.72 Å². The summed E-state index contributed by atoms with van der Waals surface area (Å²) in [5.74, 6) is 0.112. The fourth-order valence-corrected chi connectivity index (χ4v) is 4.20. The van der Waals surface area contributed by atoms with Crippen LogP contribution in [0.5, 0.6) is 0 Å². The molecule has 104 valence electrons. The van der Waals surface area contributed by atoms with Gasteiger partial charge in [0.05, 0.1) is 11.5 Å². The smallest absolute Gasteiger partial charge is 0.241 e. The summed E-state index contributed by atoms with van der Waals surface area (Å²) in [5.41, 5.74) is 0. The molecule has 1 aromatic rings. The number of sulfonamides is 1. The van der Waals surface area contributed by atoms with E-state index >= 15 is 0 Å². The molecule has 1 rings (SSSR count). The van der Waals surface area contributed by atoms with Crippen LogP contribution in [0.15, 0.2) is 11.0 Å². The molecule has 1 heterocycles. The molecule has 0 amide bonds. The molecule has 5 nitrogen and oxygen atoms in total. The maximum atomic E-state index is 12.1. The third-order valence-corrected chi connectivity index (χ3v) is 5.16. The minimum Gasteiger partial charge on any atom is -0.391 e. The molecule has 0 fully saturated rings. The van der Waals surface area contributed by atoms with Gasteiger partial charge >= 0.3 is 0 Å². The third kappa shape index (κ3) is 4.03. The summed E-state index contributed by atoms with van der Waals surface area (Å²) in [6.07, 6.45) is 0. The number of methoxy groups -OCH3 is 1. The lowest BCUT2D eigenvalue weighted by Crippen LogP contribution is -2.30. The molecule has 0 radical (unpaired) electrons. The molecular weight excluding hydrogens is 274 g/mol. The molecule has 0 aliphatic carbocycles. The number of hydrogen-bond donors (Lipinski definition) is 2. The number of aryl methyl sites for hydroxylation is 1. The molecule has 18 heavy (non-hydrogen) atoms. The Labute approximate surface area is 112 Å². The van der Waals surface area contributed by atoms with Crippen molar-refractivity contribution in [1.82, 2.24) is 4.72 Å². The zero-order valence-electron chi connectivity index (χ0n) is 10.8. The molecule has 0 saturated carbocycles. The normalized spacial score (nSPS) is 13.8. The first-order chi connectivity index (χ1) is 8.40. The molecule has 0 spiro atoms. The largest absolute Gasteiger partial charge is 0.391 e. The van der Waals surface area contributed by atoms with Gasteiger partial charge in [-0.15, -0.1) is 11.3 Å². The van der Waals surface area contributed by atoms with E-state index in [1.165, 1.54) is 17.4 Å². The summed E-state index contributed by atoms with van der Waals surface area (Å²) in [7, 11) is -1.91. The van der Waals surface area contributed by atoms with Gasteiger partial charge in [0, 0.05) is 30.0 Å². The number of aliphatic hydroxyl groups excluding tert-OH is 1. The van der Waals surface area contributed by atoms with Crippen LogP contribution in [0.2, 0.25) is 0 Å². The van der Waals surface area contributed by atoms with E-state index in [0.29, 0.717) is 22.9 Å². The Morgan fingerprint density at radius 2 is 2.22 bits per heavy atom. The minimum atomic E-state index is -3.50. The Morgan fingerprint density at radius 3 is 2.72 bits per heavy atom.